The number of aliphatic hydroxyl groups excluding tert-OH is 1. The molecule has 1 rings (SSSR count). The Balaban J connectivity index is 2.12. The van der Waals surface area contributed by atoms with E-state index < -0.39 is 6.04 Å². The summed E-state index contributed by atoms with van der Waals surface area (Å²) in [5.41, 5.74) is 5.50. The van der Waals surface area contributed by atoms with Crippen molar-refractivity contribution in [3.63, 3.8) is 0 Å². The molecule has 1 aliphatic rings. The fourth-order valence-corrected chi connectivity index (χ4v) is 1.46. The van der Waals surface area contributed by atoms with Gasteiger partial charge in [0.15, 0.2) is 0 Å². The molecule has 0 bridgehead atoms. The number of rotatable bonds is 4. The number of terminal acetylenes is 1. The number of aliphatic hydroxyl groups is 1. The van der Waals surface area contributed by atoms with Crippen LogP contribution in [0.4, 0.5) is 0 Å². The zero-order valence-corrected chi connectivity index (χ0v) is 8.07. The Hall–Kier alpha value is -1.05. The van der Waals surface area contributed by atoms with E-state index >= 15 is 0 Å². The van der Waals surface area contributed by atoms with Crippen LogP contribution in [0.25, 0.3) is 0 Å². The van der Waals surface area contributed by atoms with Crippen molar-refractivity contribution in [3.05, 3.63) is 0 Å². The van der Waals surface area contributed by atoms with Gasteiger partial charge in [-0.1, -0.05) is 0 Å². The Labute approximate surface area is 83.9 Å². The van der Waals surface area contributed by atoms with Gasteiger partial charge in [-0.2, -0.15) is 0 Å². The van der Waals surface area contributed by atoms with Crippen LogP contribution in [0, 0.1) is 18.3 Å². The summed E-state index contributed by atoms with van der Waals surface area (Å²) in [6.07, 6.45) is 6.65. The van der Waals surface area contributed by atoms with Crippen LogP contribution < -0.4 is 11.1 Å². The molecule has 1 unspecified atom stereocenters. The minimum atomic E-state index is -0.606. The number of nitrogens with one attached hydrogen (secondary N) is 1. The van der Waals surface area contributed by atoms with Crippen LogP contribution >= 0.6 is 0 Å². The standard InChI is InChI=1S/C10H16N2O2/c1-2-3-9(11)10(14)12-6-7-4-8(13)5-7/h1,7-9,13H,3-6,11H2,(H,12,14). The topological polar surface area (TPSA) is 75.4 Å². The van der Waals surface area contributed by atoms with E-state index in [1.807, 2.05) is 0 Å². The summed E-state index contributed by atoms with van der Waals surface area (Å²) in [7, 11) is 0. The van der Waals surface area contributed by atoms with Gasteiger partial charge >= 0.3 is 0 Å². The van der Waals surface area contributed by atoms with Gasteiger partial charge in [0.05, 0.1) is 12.1 Å². The van der Waals surface area contributed by atoms with Crippen LogP contribution in [-0.2, 0) is 4.79 Å². The molecule has 78 valence electrons. The summed E-state index contributed by atoms with van der Waals surface area (Å²) >= 11 is 0. The number of nitrogens with two attached hydrogens (primary N) is 1. The second kappa shape index (κ2) is 4.99. The second-order valence-corrected chi connectivity index (χ2v) is 3.75. The fourth-order valence-electron chi connectivity index (χ4n) is 1.46. The molecule has 1 atom stereocenters. The van der Waals surface area contributed by atoms with E-state index in [1.165, 1.54) is 0 Å². The lowest BCUT2D eigenvalue weighted by atomic mass is 9.82. The number of carbonyl (C=O) groups excluding carboxylic acids is 1. The molecule has 0 saturated heterocycles. The number of amides is 1. The van der Waals surface area contributed by atoms with E-state index in [4.69, 9.17) is 17.3 Å². The van der Waals surface area contributed by atoms with Gasteiger partial charge < -0.3 is 16.2 Å². The first kappa shape index (κ1) is 11.0. The summed E-state index contributed by atoms with van der Waals surface area (Å²) in [6.45, 7) is 0.591. The number of hydrogen-bond acceptors (Lipinski definition) is 3. The van der Waals surface area contributed by atoms with E-state index in [9.17, 15) is 4.79 Å². The molecule has 0 aromatic heterocycles. The van der Waals surface area contributed by atoms with Crippen molar-refractivity contribution in [3.8, 4) is 12.3 Å². The quantitative estimate of drug-likeness (QED) is 0.516. The van der Waals surface area contributed by atoms with Gasteiger partial charge in [-0.3, -0.25) is 4.79 Å². The van der Waals surface area contributed by atoms with Crippen molar-refractivity contribution in [1.82, 2.24) is 5.32 Å². The Morgan fingerprint density at radius 1 is 1.71 bits per heavy atom. The molecule has 4 heteroatoms. The maximum atomic E-state index is 11.3. The highest BCUT2D eigenvalue weighted by Gasteiger charge is 2.27. The normalized spacial score (nSPS) is 27.2. The monoisotopic (exact) mass is 196 g/mol. The SMILES string of the molecule is C#CCC(N)C(=O)NCC1CC(O)C1. The van der Waals surface area contributed by atoms with Gasteiger partial charge in [-0.15, -0.1) is 12.3 Å². The zero-order valence-electron chi connectivity index (χ0n) is 8.07. The predicted octanol–water partition coefficient (Wildman–Crippen LogP) is -0.776. The van der Waals surface area contributed by atoms with Gasteiger partial charge in [0.2, 0.25) is 5.91 Å². The smallest absolute Gasteiger partial charge is 0.237 e. The van der Waals surface area contributed by atoms with Crippen molar-refractivity contribution >= 4 is 5.91 Å². The van der Waals surface area contributed by atoms with E-state index in [-0.39, 0.29) is 18.4 Å². The van der Waals surface area contributed by atoms with Crippen LogP contribution in [0.1, 0.15) is 19.3 Å². The average Bonchev–Trinajstić information content (AvgIpc) is 2.10. The lowest BCUT2D eigenvalue weighted by Crippen LogP contribution is -2.45. The van der Waals surface area contributed by atoms with Crippen molar-refractivity contribution in [2.75, 3.05) is 6.54 Å². The van der Waals surface area contributed by atoms with Crippen LogP contribution in [0.3, 0.4) is 0 Å². The fraction of sp³-hybridized carbons (Fsp3) is 0.700. The predicted molar refractivity (Wildman–Crippen MR) is 53.2 cm³/mol. The van der Waals surface area contributed by atoms with E-state index in [0.29, 0.717) is 12.5 Å². The first-order valence-corrected chi connectivity index (χ1v) is 4.78. The third kappa shape index (κ3) is 3.02. The summed E-state index contributed by atoms with van der Waals surface area (Å²) in [6, 6.07) is -0.606. The van der Waals surface area contributed by atoms with Crippen LogP contribution in [0.15, 0.2) is 0 Å². The third-order valence-corrected chi connectivity index (χ3v) is 2.45. The van der Waals surface area contributed by atoms with Gasteiger partial charge in [0, 0.05) is 13.0 Å². The minimum absolute atomic E-state index is 0.184. The summed E-state index contributed by atoms with van der Waals surface area (Å²) in [5, 5.41) is 11.7. The van der Waals surface area contributed by atoms with Gasteiger partial charge in [0.25, 0.3) is 0 Å². The van der Waals surface area contributed by atoms with E-state index in [1.54, 1.807) is 0 Å². The molecule has 1 saturated carbocycles. The molecule has 14 heavy (non-hydrogen) atoms. The zero-order chi connectivity index (χ0) is 10.6. The van der Waals surface area contributed by atoms with Crippen molar-refractivity contribution in [1.29, 1.82) is 0 Å². The Morgan fingerprint density at radius 2 is 2.36 bits per heavy atom. The molecule has 0 radical (unpaired) electrons. The molecule has 0 spiro atoms. The highest BCUT2D eigenvalue weighted by atomic mass is 16.3. The van der Waals surface area contributed by atoms with Gasteiger partial charge in [-0.05, 0) is 18.8 Å². The van der Waals surface area contributed by atoms with Crippen LogP contribution in [0.5, 0.6) is 0 Å². The highest BCUT2D eigenvalue weighted by molar-refractivity contribution is 5.81. The van der Waals surface area contributed by atoms with Crippen LogP contribution in [0.2, 0.25) is 0 Å². The summed E-state index contributed by atoms with van der Waals surface area (Å²) in [5.74, 6) is 2.54. The summed E-state index contributed by atoms with van der Waals surface area (Å²) < 4.78 is 0. The molecular weight excluding hydrogens is 180 g/mol. The van der Waals surface area contributed by atoms with E-state index in [2.05, 4.69) is 11.2 Å². The van der Waals surface area contributed by atoms with Crippen molar-refractivity contribution in [2.45, 2.75) is 31.4 Å². The lowest BCUT2D eigenvalue weighted by Gasteiger charge is -2.31. The number of carbonyl (C=O) groups is 1. The van der Waals surface area contributed by atoms with Crippen molar-refractivity contribution < 1.29 is 9.90 Å². The molecule has 1 aliphatic carbocycles. The van der Waals surface area contributed by atoms with Crippen molar-refractivity contribution in [2.24, 2.45) is 11.7 Å². The minimum Gasteiger partial charge on any atom is -0.393 e. The second-order valence-electron chi connectivity index (χ2n) is 3.75. The maximum absolute atomic E-state index is 11.3. The van der Waals surface area contributed by atoms with Gasteiger partial charge in [-0.25, -0.2) is 0 Å². The third-order valence-electron chi connectivity index (χ3n) is 2.45. The molecule has 0 aromatic carbocycles. The molecule has 1 fully saturated rings. The van der Waals surface area contributed by atoms with Gasteiger partial charge in [0.1, 0.15) is 0 Å². The van der Waals surface area contributed by atoms with Crippen LogP contribution in [-0.4, -0.2) is 29.7 Å². The molecule has 0 aromatic rings. The first-order chi connectivity index (χ1) is 6.63. The average molecular weight is 196 g/mol. The molecule has 4 N–H and O–H groups in total. The molecular formula is C10H16N2O2. The molecule has 0 aliphatic heterocycles. The Bertz CT molecular complexity index is 241. The lowest BCUT2D eigenvalue weighted by molar-refractivity contribution is -0.122. The van der Waals surface area contributed by atoms with E-state index in [0.717, 1.165) is 12.8 Å². The highest BCUT2D eigenvalue weighted by Crippen LogP contribution is 2.25. The molecule has 1 amide bonds. The largest absolute Gasteiger partial charge is 0.393 e. The molecule has 0 heterocycles. The maximum Gasteiger partial charge on any atom is 0.237 e. The number of hydrogen-bond donors (Lipinski definition) is 3. The first-order valence-electron chi connectivity index (χ1n) is 4.78. The molecule has 4 nitrogen and oxygen atoms in total. The Morgan fingerprint density at radius 3 is 2.86 bits per heavy atom. The summed E-state index contributed by atoms with van der Waals surface area (Å²) in [4.78, 5) is 11.3. The Kier molecular flexibility index (Phi) is 3.93.